The molecule has 1 amide bonds. The van der Waals surface area contributed by atoms with Gasteiger partial charge < -0.3 is 10.1 Å². The van der Waals surface area contributed by atoms with E-state index in [4.69, 9.17) is 4.74 Å². The third kappa shape index (κ3) is 1.96. The molecule has 80 valence electrons. The molecule has 3 nitrogen and oxygen atoms in total. The second kappa shape index (κ2) is 3.93. The van der Waals surface area contributed by atoms with Gasteiger partial charge in [0.25, 0.3) is 0 Å². The van der Waals surface area contributed by atoms with Crippen molar-refractivity contribution in [1.82, 2.24) is 5.32 Å². The van der Waals surface area contributed by atoms with Crippen molar-refractivity contribution < 1.29 is 9.53 Å². The van der Waals surface area contributed by atoms with Gasteiger partial charge in [-0.3, -0.25) is 4.79 Å². The molecule has 1 unspecified atom stereocenters. The van der Waals surface area contributed by atoms with E-state index in [1.165, 1.54) is 5.56 Å². The highest BCUT2D eigenvalue weighted by molar-refractivity contribution is 5.80. The standard InChI is InChI=1S/C12H15NO2/c1-8-11(7-12(14)13-8)9-3-5-10(15-2)6-4-9/h3-6,8,11H,7H2,1-2H3,(H,13,14)/t8-,11?/m1/s1. The van der Waals surface area contributed by atoms with Crippen molar-refractivity contribution in [2.24, 2.45) is 0 Å². The molecule has 0 radical (unpaired) electrons. The minimum atomic E-state index is 0.142. The average molecular weight is 205 g/mol. The van der Waals surface area contributed by atoms with Gasteiger partial charge in [0.05, 0.1) is 7.11 Å². The van der Waals surface area contributed by atoms with Gasteiger partial charge in [-0.25, -0.2) is 0 Å². The fourth-order valence-electron chi connectivity index (χ4n) is 2.05. The van der Waals surface area contributed by atoms with Crippen LogP contribution in [0.15, 0.2) is 24.3 Å². The normalized spacial score (nSPS) is 25.1. The lowest BCUT2D eigenvalue weighted by Crippen LogP contribution is -2.24. The van der Waals surface area contributed by atoms with Crippen LogP contribution in [0.1, 0.15) is 24.8 Å². The third-order valence-corrected chi connectivity index (χ3v) is 2.94. The molecule has 0 spiro atoms. The number of ether oxygens (including phenoxy) is 1. The van der Waals surface area contributed by atoms with Gasteiger partial charge in [-0.2, -0.15) is 0 Å². The lowest BCUT2D eigenvalue weighted by atomic mass is 9.93. The van der Waals surface area contributed by atoms with Gasteiger partial charge in [-0.05, 0) is 24.6 Å². The largest absolute Gasteiger partial charge is 0.497 e. The molecule has 1 aliphatic rings. The molecular formula is C12H15NO2. The summed E-state index contributed by atoms with van der Waals surface area (Å²) >= 11 is 0. The zero-order valence-electron chi connectivity index (χ0n) is 8.99. The summed E-state index contributed by atoms with van der Waals surface area (Å²) in [6.07, 6.45) is 0.591. The maximum Gasteiger partial charge on any atom is 0.220 e. The second-order valence-electron chi connectivity index (χ2n) is 3.94. The molecule has 1 fully saturated rings. The van der Waals surface area contributed by atoms with E-state index in [2.05, 4.69) is 5.32 Å². The number of amides is 1. The molecule has 0 aromatic heterocycles. The SMILES string of the molecule is COc1ccc(C2CC(=O)N[C@@H]2C)cc1. The molecule has 1 aromatic carbocycles. The quantitative estimate of drug-likeness (QED) is 0.797. The zero-order chi connectivity index (χ0) is 10.8. The number of methoxy groups -OCH3 is 1. The molecule has 1 aromatic rings. The van der Waals surface area contributed by atoms with E-state index >= 15 is 0 Å². The Hall–Kier alpha value is -1.51. The number of carbonyl (C=O) groups excluding carboxylic acids is 1. The first kappa shape index (κ1) is 10.0. The zero-order valence-corrected chi connectivity index (χ0v) is 8.99. The van der Waals surface area contributed by atoms with Crippen LogP contribution in [-0.2, 0) is 4.79 Å². The summed E-state index contributed by atoms with van der Waals surface area (Å²) in [6.45, 7) is 2.04. The number of rotatable bonds is 2. The van der Waals surface area contributed by atoms with Crippen LogP contribution in [0, 0.1) is 0 Å². The van der Waals surface area contributed by atoms with Gasteiger partial charge in [0.1, 0.15) is 5.75 Å². The fraction of sp³-hybridized carbons (Fsp3) is 0.417. The van der Waals surface area contributed by atoms with Crippen LogP contribution in [-0.4, -0.2) is 19.1 Å². The minimum Gasteiger partial charge on any atom is -0.497 e. The summed E-state index contributed by atoms with van der Waals surface area (Å²) in [5, 5.41) is 2.92. The van der Waals surface area contributed by atoms with Gasteiger partial charge >= 0.3 is 0 Å². The summed E-state index contributed by atoms with van der Waals surface area (Å²) in [4.78, 5) is 11.2. The van der Waals surface area contributed by atoms with E-state index in [-0.39, 0.29) is 11.9 Å². The molecule has 3 heteroatoms. The molecule has 2 rings (SSSR count). The van der Waals surface area contributed by atoms with Gasteiger partial charge in [0, 0.05) is 18.4 Å². The summed E-state index contributed by atoms with van der Waals surface area (Å²) in [5.41, 5.74) is 1.20. The maximum absolute atomic E-state index is 11.2. The van der Waals surface area contributed by atoms with E-state index < -0.39 is 0 Å². The number of hydrogen-bond donors (Lipinski definition) is 1. The van der Waals surface area contributed by atoms with Crippen LogP contribution >= 0.6 is 0 Å². The highest BCUT2D eigenvalue weighted by Crippen LogP contribution is 2.29. The van der Waals surface area contributed by atoms with Crippen molar-refractivity contribution in [3.8, 4) is 5.75 Å². The second-order valence-corrected chi connectivity index (χ2v) is 3.94. The molecule has 15 heavy (non-hydrogen) atoms. The van der Waals surface area contributed by atoms with Crippen LogP contribution in [0.4, 0.5) is 0 Å². The molecule has 0 bridgehead atoms. The van der Waals surface area contributed by atoms with Crippen LogP contribution in [0.5, 0.6) is 5.75 Å². The van der Waals surface area contributed by atoms with Crippen molar-refractivity contribution in [2.75, 3.05) is 7.11 Å². The Morgan fingerprint density at radius 3 is 2.47 bits per heavy atom. The fourth-order valence-corrected chi connectivity index (χ4v) is 2.05. The molecule has 1 saturated heterocycles. The highest BCUT2D eigenvalue weighted by atomic mass is 16.5. The van der Waals surface area contributed by atoms with Crippen molar-refractivity contribution in [1.29, 1.82) is 0 Å². The van der Waals surface area contributed by atoms with E-state index in [1.54, 1.807) is 7.11 Å². The molecule has 1 N–H and O–H groups in total. The predicted octanol–water partition coefficient (Wildman–Crippen LogP) is 1.69. The summed E-state index contributed by atoms with van der Waals surface area (Å²) in [5.74, 6) is 1.29. The van der Waals surface area contributed by atoms with E-state index in [0.29, 0.717) is 12.3 Å². The van der Waals surface area contributed by atoms with E-state index in [1.807, 2.05) is 31.2 Å². The Morgan fingerprint density at radius 2 is 2.00 bits per heavy atom. The first-order valence-corrected chi connectivity index (χ1v) is 5.14. The smallest absolute Gasteiger partial charge is 0.220 e. The van der Waals surface area contributed by atoms with Crippen LogP contribution < -0.4 is 10.1 Å². The summed E-state index contributed by atoms with van der Waals surface area (Å²) in [7, 11) is 1.65. The minimum absolute atomic E-state index is 0.142. The van der Waals surface area contributed by atoms with Crippen molar-refractivity contribution in [3.05, 3.63) is 29.8 Å². The maximum atomic E-state index is 11.2. The molecular weight excluding hydrogens is 190 g/mol. The van der Waals surface area contributed by atoms with Crippen LogP contribution in [0.25, 0.3) is 0 Å². The Kier molecular flexibility index (Phi) is 2.62. The topological polar surface area (TPSA) is 38.3 Å². The molecule has 1 heterocycles. The lowest BCUT2D eigenvalue weighted by Gasteiger charge is -2.14. The summed E-state index contributed by atoms with van der Waals surface area (Å²) < 4.78 is 5.10. The van der Waals surface area contributed by atoms with Gasteiger partial charge in [-0.15, -0.1) is 0 Å². The van der Waals surface area contributed by atoms with Crippen LogP contribution in [0.2, 0.25) is 0 Å². The van der Waals surface area contributed by atoms with Crippen molar-refractivity contribution >= 4 is 5.91 Å². The highest BCUT2D eigenvalue weighted by Gasteiger charge is 2.29. The molecule has 0 aliphatic carbocycles. The third-order valence-electron chi connectivity index (χ3n) is 2.94. The van der Waals surface area contributed by atoms with Crippen molar-refractivity contribution in [2.45, 2.75) is 25.3 Å². The Bertz CT molecular complexity index is 358. The predicted molar refractivity (Wildman–Crippen MR) is 58.0 cm³/mol. The van der Waals surface area contributed by atoms with Crippen molar-refractivity contribution in [3.63, 3.8) is 0 Å². The van der Waals surface area contributed by atoms with Gasteiger partial charge in [-0.1, -0.05) is 12.1 Å². The average Bonchev–Trinajstić information content (AvgIpc) is 2.58. The van der Waals surface area contributed by atoms with E-state index in [9.17, 15) is 4.79 Å². The summed E-state index contributed by atoms with van der Waals surface area (Å²) in [6, 6.07) is 8.15. The van der Waals surface area contributed by atoms with Gasteiger partial charge in [0.2, 0.25) is 5.91 Å². The molecule has 0 saturated carbocycles. The van der Waals surface area contributed by atoms with Crippen LogP contribution in [0.3, 0.4) is 0 Å². The molecule has 2 atom stereocenters. The van der Waals surface area contributed by atoms with Gasteiger partial charge in [0.15, 0.2) is 0 Å². The first-order valence-electron chi connectivity index (χ1n) is 5.14. The number of hydrogen-bond acceptors (Lipinski definition) is 2. The Labute approximate surface area is 89.4 Å². The molecule has 1 aliphatic heterocycles. The Morgan fingerprint density at radius 1 is 1.33 bits per heavy atom. The monoisotopic (exact) mass is 205 g/mol. The lowest BCUT2D eigenvalue weighted by molar-refractivity contribution is -0.119. The number of nitrogens with one attached hydrogen (secondary N) is 1. The van der Waals surface area contributed by atoms with E-state index in [0.717, 1.165) is 5.75 Å². The Balaban J connectivity index is 2.19. The first-order chi connectivity index (χ1) is 7.20. The number of carbonyl (C=O) groups is 1. The number of benzene rings is 1.